The Balaban J connectivity index is 1.86. The molecule has 0 spiro atoms. The van der Waals surface area contributed by atoms with Crippen molar-refractivity contribution in [2.45, 2.75) is 6.54 Å². The van der Waals surface area contributed by atoms with E-state index in [0.29, 0.717) is 10.0 Å². The third kappa shape index (κ3) is 3.94. The monoisotopic (exact) mass is 484 g/mol. The number of hydrogen-bond donors (Lipinski definition) is 2. The minimum absolute atomic E-state index is 0.00393. The van der Waals surface area contributed by atoms with E-state index in [-0.39, 0.29) is 40.3 Å². The van der Waals surface area contributed by atoms with Crippen molar-refractivity contribution >= 4 is 51.5 Å². The van der Waals surface area contributed by atoms with Gasteiger partial charge in [-0.05, 0) is 45.8 Å². The molecule has 152 valence electrons. The number of urea groups is 1. The van der Waals surface area contributed by atoms with Crippen LogP contribution in [0.25, 0.3) is 6.08 Å². The lowest BCUT2D eigenvalue weighted by atomic mass is 10.1. The standard InChI is InChI=1S/C18H14BrClN2O7/c1-27-12-6-8(13(19)14(20)15(12)23)5-10-16(24)22(18(26)21-10)7-9-3-4-11(29-9)17(25)28-2/h3-6,23H,7H2,1-2H3,(H,21,26). The molecule has 0 saturated carbocycles. The second-order valence-electron chi connectivity index (χ2n) is 5.78. The van der Waals surface area contributed by atoms with Crippen LogP contribution in [0, 0.1) is 0 Å². The maximum Gasteiger partial charge on any atom is 0.373 e. The summed E-state index contributed by atoms with van der Waals surface area (Å²) in [6, 6.07) is 3.65. The zero-order valence-electron chi connectivity index (χ0n) is 15.1. The van der Waals surface area contributed by atoms with Crippen LogP contribution < -0.4 is 10.1 Å². The number of phenolic OH excluding ortho intramolecular Hbond substituents is 1. The topological polar surface area (TPSA) is 118 Å². The van der Waals surface area contributed by atoms with Gasteiger partial charge in [-0.2, -0.15) is 0 Å². The van der Waals surface area contributed by atoms with Gasteiger partial charge in [0.15, 0.2) is 11.5 Å². The van der Waals surface area contributed by atoms with E-state index >= 15 is 0 Å². The first-order valence-corrected chi connectivity index (χ1v) is 9.20. The third-order valence-corrected chi connectivity index (χ3v) is 5.47. The molecule has 29 heavy (non-hydrogen) atoms. The van der Waals surface area contributed by atoms with Gasteiger partial charge in [0.05, 0.1) is 20.8 Å². The predicted molar refractivity (Wildman–Crippen MR) is 104 cm³/mol. The largest absolute Gasteiger partial charge is 0.503 e. The summed E-state index contributed by atoms with van der Waals surface area (Å²) in [5, 5.41) is 12.4. The lowest BCUT2D eigenvalue weighted by Gasteiger charge is -2.10. The van der Waals surface area contributed by atoms with Gasteiger partial charge in [0.1, 0.15) is 16.5 Å². The summed E-state index contributed by atoms with van der Waals surface area (Å²) >= 11 is 9.29. The predicted octanol–water partition coefficient (Wildman–Crippen LogP) is 3.29. The molecule has 0 unspecified atom stereocenters. The fraction of sp³-hybridized carbons (Fsp3) is 0.167. The van der Waals surface area contributed by atoms with Crippen LogP contribution in [-0.2, 0) is 16.1 Å². The van der Waals surface area contributed by atoms with Crippen LogP contribution in [0.15, 0.2) is 32.8 Å². The van der Waals surface area contributed by atoms with E-state index in [4.69, 9.17) is 20.8 Å². The quantitative estimate of drug-likeness (QED) is 0.379. The number of methoxy groups -OCH3 is 2. The second-order valence-corrected chi connectivity index (χ2v) is 6.95. The Bertz CT molecular complexity index is 1050. The van der Waals surface area contributed by atoms with E-state index in [1.807, 2.05) is 0 Å². The van der Waals surface area contributed by atoms with Crippen molar-refractivity contribution in [2.24, 2.45) is 0 Å². The Labute approximate surface area is 177 Å². The van der Waals surface area contributed by atoms with Crippen LogP contribution >= 0.6 is 27.5 Å². The van der Waals surface area contributed by atoms with E-state index in [1.165, 1.54) is 38.5 Å². The van der Waals surface area contributed by atoms with Crippen molar-refractivity contribution in [3.05, 3.63) is 50.5 Å². The summed E-state index contributed by atoms with van der Waals surface area (Å²) in [5.74, 6) is -1.25. The van der Waals surface area contributed by atoms with Gasteiger partial charge in [-0.25, -0.2) is 9.59 Å². The average Bonchev–Trinajstić information content (AvgIpc) is 3.28. The summed E-state index contributed by atoms with van der Waals surface area (Å²) < 4.78 is 15.2. The zero-order chi connectivity index (χ0) is 21.3. The number of hydrogen-bond acceptors (Lipinski definition) is 7. The Morgan fingerprint density at radius 3 is 2.76 bits per heavy atom. The third-order valence-electron chi connectivity index (χ3n) is 4.02. The molecule has 11 heteroatoms. The maximum atomic E-state index is 12.7. The number of phenols is 1. The van der Waals surface area contributed by atoms with E-state index in [9.17, 15) is 19.5 Å². The SMILES string of the molecule is COC(=O)c1ccc(CN2C(=O)NC(=Cc3cc(OC)c(O)c(Cl)c3Br)C2=O)o1. The highest BCUT2D eigenvalue weighted by molar-refractivity contribution is 9.10. The van der Waals surface area contributed by atoms with Gasteiger partial charge in [-0.15, -0.1) is 0 Å². The Morgan fingerprint density at radius 1 is 1.38 bits per heavy atom. The van der Waals surface area contributed by atoms with Crippen LogP contribution in [-0.4, -0.2) is 42.1 Å². The first kappa shape index (κ1) is 20.7. The van der Waals surface area contributed by atoms with Crippen molar-refractivity contribution in [3.63, 3.8) is 0 Å². The van der Waals surface area contributed by atoms with Crippen LogP contribution in [0.5, 0.6) is 11.5 Å². The molecule has 1 aromatic carbocycles. The number of aromatic hydroxyl groups is 1. The smallest absolute Gasteiger partial charge is 0.373 e. The molecule has 2 aromatic rings. The number of ether oxygens (including phenoxy) is 2. The Kier molecular flexibility index (Phi) is 5.85. The summed E-state index contributed by atoms with van der Waals surface area (Å²) in [5.41, 5.74) is 0.389. The van der Waals surface area contributed by atoms with E-state index in [2.05, 4.69) is 26.0 Å². The van der Waals surface area contributed by atoms with Crippen LogP contribution in [0.2, 0.25) is 5.02 Å². The van der Waals surface area contributed by atoms with Crippen LogP contribution in [0.1, 0.15) is 21.9 Å². The number of nitrogens with one attached hydrogen (secondary N) is 1. The molecule has 1 aromatic heterocycles. The van der Waals surface area contributed by atoms with Gasteiger partial charge >= 0.3 is 12.0 Å². The first-order chi connectivity index (χ1) is 13.8. The zero-order valence-corrected chi connectivity index (χ0v) is 17.5. The molecule has 2 heterocycles. The summed E-state index contributed by atoms with van der Waals surface area (Å²) in [4.78, 5) is 37.3. The molecule has 1 saturated heterocycles. The fourth-order valence-corrected chi connectivity index (χ4v) is 3.19. The van der Waals surface area contributed by atoms with Gasteiger partial charge in [0.2, 0.25) is 5.76 Å². The molecule has 2 N–H and O–H groups in total. The lowest BCUT2D eigenvalue weighted by molar-refractivity contribution is -0.123. The number of carbonyl (C=O) groups is 3. The molecular formula is C18H14BrClN2O7. The van der Waals surface area contributed by atoms with Crippen molar-refractivity contribution in [2.75, 3.05) is 14.2 Å². The summed E-state index contributed by atoms with van der Waals surface area (Å²) in [6.45, 7) is -0.181. The van der Waals surface area contributed by atoms with Crippen LogP contribution in [0.4, 0.5) is 4.79 Å². The molecule has 3 amide bonds. The van der Waals surface area contributed by atoms with Crippen molar-refractivity contribution in [1.29, 1.82) is 0 Å². The number of furan rings is 1. The Hall–Kier alpha value is -2.98. The molecule has 0 aliphatic carbocycles. The molecular weight excluding hydrogens is 472 g/mol. The number of amides is 3. The van der Waals surface area contributed by atoms with E-state index < -0.39 is 17.9 Å². The van der Waals surface area contributed by atoms with E-state index in [0.717, 1.165) is 4.90 Å². The molecule has 9 nitrogen and oxygen atoms in total. The van der Waals surface area contributed by atoms with Crippen LogP contribution in [0.3, 0.4) is 0 Å². The molecule has 0 atom stereocenters. The molecule has 1 aliphatic rings. The number of rotatable bonds is 5. The minimum Gasteiger partial charge on any atom is -0.503 e. The summed E-state index contributed by atoms with van der Waals surface area (Å²) in [7, 11) is 2.56. The normalized spacial score (nSPS) is 15.0. The van der Waals surface area contributed by atoms with Gasteiger partial charge in [-0.1, -0.05) is 11.6 Å². The van der Waals surface area contributed by atoms with Gasteiger partial charge < -0.3 is 24.3 Å². The number of halogens is 2. The maximum absolute atomic E-state index is 12.7. The fourth-order valence-electron chi connectivity index (χ4n) is 2.57. The molecule has 1 fully saturated rings. The number of esters is 1. The minimum atomic E-state index is -0.669. The number of carbonyl (C=O) groups excluding carboxylic acids is 3. The van der Waals surface area contributed by atoms with Gasteiger partial charge in [-0.3, -0.25) is 9.69 Å². The lowest BCUT2D eigenvalue weighted by Crippen LogP contribution is -2.30. The Morgan fingerprint density at radius 2 is 2.10 bits per heavy atom. The number of imide groups is 1. The molecule has 0 bridgehead atoms. The first-order valence-electron chi connectivity index (χ1n) is 8.03. The van der Waals surface area contributed by atoms with Crippen molar-refractivity contribution in [1.82, 2.24) is 10.2 Å². The second kappa shape index (κ2) is 8.18. The highest BCUT2D eigenvalue weighted by Crippen LogP contribution is 2.42. The molecule has 3 rings (SSSR count). The highest BCUT2D eigenvalue weighted by Gasteiger charge is 2.34. The molecule has 0 radical (unpaired) electrons. The highest BCUT2D eigenvalue weighted by atomic mass is 79.9. The number of benzene rings is 1. The van der Waals surface area contributed by atoms with E-state index in [1.54, 1.807) is 0 Å². The molecule has 1 aliphatic heterocycles. The number of nitrogens with zero attached hydrogens (tertiary/aromatic N) is 1. The van der Waals surface area contributed by atoms with Gasteiger partial charge in [0, 0.05) is 4.47 Å². The van der Waals surface area contributed by atoms with Crippen molar-refractivity contribution in [3.8, 4) is 11.5 Å². The van der Waals surface area contributed by atoms with Crippen molar-refractivity contribution < 1.29 is 33.4 Å². The summed E-state index contributed by atoms with van der Waals surface area (Å²) in [6.07, 6.45) is 1.39. The van der Waals surface area contributed by atoms with Gasteiger partial charge in [0.25, 0.3) is 5.91 Å². The average molecular weight is 486 g/mol.